The molecule has 0 radical (unpaired) electrons. The molecule has 3 rings (SSSR count). The molecule has 0 aromatic carbocycles. The lowest BCUT2D eigenvalue weighted by Crippen LogP contribution is -2.40. The van der Waals surface area contributed by atoms with Crippen LogP contribution in [0.3, 0.4) is 0 Å². The minimum absolute atomic E-state index is 1.19. The van der Waals surface area contributed by atoms with E-state index in [2.05, 4.69) is 16.5 Å². The molecule has 3 aliphatic heterocycles. The summed E-state index contributed by atoms with van der Waals surface area (Å²) in [5.41, 5.74) is 5.55. The fourth-order valence-corrected chi connectivity index (χ4v) is 4.49. The topological polar surface area (TPSA) is 15.3 Å². The molecule has 3 heterocycles. The Morgan fingerprint density at radius 3 is 1.69 bits per heavy atom. The van der Waals surface area contributed by atoms with E-state index in [4.69, 9.17) is 0 Å². The number of hydrogen-bond acceptors (Lipinski definition) is 2. The highest BCUT2D eigenvalue weighted by Gasteiger charge is 2.06. The van der Waals surface area contributed by atoms with Crippen LogP contribution in [0.25, 0.3) is 0 Å². The Bertz CT molecular complexity index is 328. The predicted octanol–water partition coefficient (Wildman–Crippen LogP) is 7.16. The zero-order valence-corrected chi connectivity index (χ0v) is 17.6. The third-order valence-electron chi connectivity index (χ3n) is 6.25. The highest BCUT2D eigenvalue weighted by Crippen LogP contribution is 2.20. The summed E-state index contributed by atoms with van der Waals surface area (Å²) in [6.45, 7) is 3.70. The molecular formula is C24H46N2. The molecule has 2 bridgehead atoms. The van der Waals surface area contributed by atoms with Gasteiger partial charge in [0.1, 0.15) is 0 Å². The number of rotatable bonds is 0. The van der Waals surface area contributed by atoms with Gasteiger partial charge in [0.05, 0.1) is 0 Å². The maximum Gasteiger partial charge on any atom is 0.0130 e. The Kier molecular flexibility index (Phi) is 13.3. The van der Waals surface area contributed by atoms with Crippen molar-refractivity contribution in [3.8, 4) is 0 Å². The number of fused-ring (bicyclic) bond motifs is 21. The molecule has 26 heavy (non-hydrogen) atoms. The van der Waals surface area contributed by atoms with Gasteiger partial charge in [-0.1, -0.05) is 75.9 Å². The van der Waals surface area contributed by atoms with Gasteiger partial charge in [0.15, 0.2) is 0 Å². The molecule has 2 nitrogen and oxygen atoms in total. The molecule has 1 saturated heterocycles. The zero-order chi connectivity index (χ0) is 18.1. The molecule has 1 fully saturated rings. The van der Waals surface area contributed by atoms with Gasteiger partial charge in [0.25, 0.3) is 0 Å². The van der Waals surface area contributed by atoms with Gasteiger partial charge in [0.2, 0.25) is 0 Å². The maximum atomic E-state index is 3.76. The number of hydrogen-bond donors (Lipinski definition) is 1. The van der Waals surface area contributed by atoms with Crippen LogP contribution in [0.1, 0.15) is 122 Å². The van der Waals surface area contributed by atoms with Crippen molar-refractivity contribution in [2.75, 3.05) is 19.6 Å². The number of nitrogens with one attached hydrogen (secondary N) is 1. The van der Waals surface area contributed by atoms with E-state index in [9.17, 15) is 0 Å². The maximum absolute atomic E-state index is 3.76. The van der Waals surface area contributed by atoms with Gasteiger partial charge in [0, 0.05) is 19.6 Å². The van der Waals surface area contributed by atoms with Crippen molar-refractivity contribution in [2.24, 2.45) is 0 Å². The monoisotopic (exact) mass is 362 g/mol. The van der Waals surface area contributed by atoms with Crippen molar-refractivity contribution in [1.82, 2.24) is 10.4 Å². The van der Waals surface area contributed by atoms with Crippen LogP contribution in [-0.4, -0.2) is 24.6 Å². The third-order valence-corrected chi connectivity index (χ3v) is 6.25. The van der Waals surface area contributed by atoms with E-state index in [0.717, 1.165) is 0 Å². The molecule has 1 atom stereocenters. The van der Waals surface area contributed by atoms with E-state index >= 15 is 0 Å². The summed E-state index contributed by atoms with van der Waals surface area (Å²) < 4.78 is 0. The van der Waals surface area contributed by atoms with Gasteiger partial charge in [-0.05, 0) is 57.8 Å². The first-order valence-corrected chi connectivity index (χ1v) is 12.1. The van der Waals surface area contributed by atoms with Crippen molar-refractivity contribution < 1.29 is 0 Å². The molecule has 3 aliphatic rings. The minimum Gasteiger partial charge on any atom is -0.255 e. The molecule has 1 unspecified atom stereocenters. The van der Waals surface area contributed by atoms with E-state index in [1.54, 1.807) is 5.57 Å². The molecule has 152 valence electrons. The van der Waals surface area contributed by atoms with Crippen LogP contribution in [-0.2, 0) is 0 Å². The number of allylic oxidation sites excluding steroid dienone is 2. The SMILES string of the molecule is C1=C2CCCCCCCCN(CCCCCCC1)NCCCCCCC2. The molecule has 0 amide bonds. The van der Waals surface area contributed by atoms with Crippen LogP contribution in [0, 0.1) is 0 Å². The average molecular weight is 363 g/mol. The minimum atomic E-state index is 1.19. The van der Waals surface area contributed by atoms with Gasteiger partial charge in [-0.2, -0.15) is 0 Å². The predicted molar refractivity (Wildman–Crippen MR) is 115 cm³/mol. The Labute approximate surface area is 164 Å². The van der Waals surface area contributed by atoms with E-state index in [1.165, 1.54) is 142 Å². The Balaban J connectivity index is 1.91. The standard InChI is InChI=1S/C24H46N2/c1-3-10-16-22-26-23-17-11-4-2-7-13-19-24(18-12-6-1)20-14-8-5-9-15-21-25-26/h18,25H,1-17,19-23H2. The second-order valence-corrected chi connectivity index (χ2v) is 8.70. The Morgan fingerprint density at radius 2 is 1.04 bits per heavy atom. The quantitative estimate of drug-likeness (QED) is 0.460. The Hall–Kier alpha value is -0.340. The molecule has 0 aliphatic carbocycles. The normalized spacial score (nSPS) is 27.4. The van der Waals surface area contributed by atoms with Crippen LogP contribution >= 0.6 is 0 Å². The smallest absolute Gasteiger partial charge is 0.0130 e. The fourth-order valence-electron chi connectivity index (χ4n) is 4.49. The lowest BCUT2D eigenvalue weighted by Gasteiger charge is -2.23. The lowest BCUT2D eigenvalue weighted by molar-refractivity contribution is 0.177. The second kappa shape index (κ2) is 15.7. The van der Waals surface area contributed by atoms with Crippen molar-refractivity contribution in [3.63, 3.8) is 0 Å². The third kappa shape index (κ3) is 11.4. The van der Waals surface area contributed by atoms with Crippen molar-refractivity contribution >= 4 is 0 Å². The fraction of sp³-hybridized carbons (Fsp3) is 0.917. The highest BCUT2D eigenvalue weighted by molar-refractivity contribution is 5.02. The largest absolute Gasteiger partial charge is 0.255 e. The van der Waals surface area contributed by atoms with Crippen molar-refractivity contribution in [1.29, 1.82) is 0 Å². The van der Waals surface area contributed by atoms with Gasteiger partial charge in [-0.25, -0.2) is 5.01 Å². The highest BCUT2D eigenvalue weighted by atomic mass is 15.5. The summed E-state index contributed by atoms with van der Waals surface area (Å²) in [6, 6.07) is 0. The number of hydrazine groups is 1. The van der Waals surface area contributed by atoms with Crippen LogP contribution in [0.4, 0.5) is 0 Å². The first-order chi connectivity index (χ1) is 12.9. The van der Waals surface area contributed by atoms with E-state index in [-0.39, 0.29) is 0 Å². The first-order valence-electron chi connectivity index (χ1n) is 12.1. The molecule has 2 heteroatoms. The molecular weight excluding hydrogens is 316 g/mol. The van der Waals surface area contributed by atoms with Gasteiger partial charge < -0.3 is 0 Å². The van der Waals surface area contributed by atoms with E-state index in [0.29, 0.717) is 0 Å². The summed E-state index contributed by atoms with van der Waals surface area (Å²) in [6.07, 6.45) is 29.4. The van der Waals surface area contributed by atoms with Crippen LogP contribution in [0.15, 0.2) is 11.6 Å². The summed E-state index contributed by atoms with van der Waals surface area (Å²) in [5.74, 6) is 0. The van der Waals surface area contributed by atoms with Crippen LogP contribution in [0.5, 0.6) is 0 Å². The summed E-state index contributed by atoms with van der Waals surface area (Å²) in [5, 5.41) is 2.56. The molecule has 0 aromatic heterocycles. The van der Waals surface area contributed by atoms with Gasteiger partial charge >= 0.3 is 0 Å². The first kappa shape index (κ1) is 22.0. The Morgan fingerprint density at radius 1 is 0.538 bits per heavy atom. The van der Waals surface area contributed by atoms with Crippen molar-refractivity contribution in [2.45, 2.75) is 122 Å². The molecule has 0 saturated carbocycles. The van der Waals surface area contributed by atoms with E-state index < -0.39 is 0 Å². The second-order valence-electron chi connectivity index (χ2n) is 8.70. The van der Waals surface area contributed by atoms with Crippen LogP contribution < -0.4 is 5.43 Å². The average Bonchev–Trinajstić information content (AvgIpc) is 2.65. The van der Waals surface area contributed by atoms with Gasteiger partial charge in [-0.15, -0.1) is 0 Å². The molecule has 0 aromatic rings. The van der Waals surface area contributed by atoms with E-state index in [1.807, 2.05) is 0 Å². The summed E-state index contributed by atoms with van der Waals surface area (Å²) in [4.78, 5) is 0. The summed E-state index contributed by atoms with van der Waals surface area (Å²) >= 11 is 0. The lowest BCUT2D eigenvalue weighted by atomic mass is 9.97. The summed E-state index contributed by atoms with van der Waals surface area (Å²) in [7, 11) is 0. The van der Waals surface area contributed by atoms with Crippen LogP contribution in [0.2, 0.25) is 0 Å². The zero-order valence-electron chi connectivity index (χ0n) is 17.6. The number of nitrogens with zero attached hydrogens (tertiary/aromatic N) is 1. The molecule has 1 N–H and O–H groups in total. The molecule has 0 spiro atoms. The van der Waals surface area contributed by atoms with Crippen molar-refractivity contribution in [3.05, 3.63) is 11.6 Å². The van der Waals surface area contributed by atoms with Gasteiger partial charge in [-0.3, -0.25) is 5.43 Å².